The number of nitrogens with zero attached hydrogens (tertiary/aromatic N) is 5. The average molecular weight is 347 g/mol. The van der Waals surface area contributed by atoms with Crippen molar-refractivity contribution in [1.82, 2.24) is 9.55 Å². The predicted molar refractivity (Wildman–Crippen MR) is 96.3 cm³/mol. The monoisotopic (exact) mass is 347 g/mol. The summed E-state index contributed by atoms with van der Waals surface area (Å²) in [6.45, 7) is 2.31. The van der Waals surface area contributed by atoms with Crippen molar-refractivity contribution in [3.63, 3.8) is 0 Å². The minimum absolute atomic E-state index is 0.0669. The molecule has 0 radical (unpaired) electrons. The highest BCUT2D eigenvalue weighted by molar-refractivity contribution is 5.97. The molecule has 7 heteroatoms. The molecule has 0 unspecified atom stereocenters. The van der Waals surface area contributed by atoms with E-state index in [1.54, 1.807) is 16.7 Å². The van der Waals surface area contributed by atoms with Gasteiger partial charge >= 0.3 is 0 Å². The highest BCUT2D eigenvalue weighted by Gasteiger charge is 2.16. The average Bonchev–Trinajstić information content (AvgIpc) is 2.92. The predicted octanol–water partition coefficient (Wildman–Crippen LogP) is 4.28. The molecule has 0 aliphatic heterocycles. The van der Waals surface area contributed by atoms with Crippen LogP contribution in [0, 0.1) is 18.3 Å². The SMILES string of the molecule is Cc1ccc(C(=O)N=Nc2c(O)n(CCCC#N)c3ccccc23)cn1. The third kappa shape index (κ3) is 3.44. The molecule has 26 heavy (non-hydrogen) atoms. The van der Waals surface area contributed by atoms with Crippen molar-refractivity contribution in [1.29, 1.82) is 5.26 Å². The van der Waals surface area contributed by atoms with Crippen LogP contribution in [-0.2, 0) is 6.54 Å². The van der Waals surface area contributed by atoms with E-state index in [1.165, 1.54) is 6.20 Å². The maximum absolute atomic E-state index is 12.2. The summed E-state index contributed by atoms with van der Waals surface area (Å²) >= 11 is 0. The zero-order valence-electron chi connectivity index (χ0n) is 14.3. The topological polar surface area (TPSA) is 104 Å². The number of hydrogen-bond donors (Lipinski definition) is 1. The van der Waals surface area contributed by atoms with Crippen LogP contribution in [0.2, 0.25) is 0 Å². The Bertz CT molecular complexity index is 1010. The summed E-state index contributed by atoms with van der Waals surface area (Å²) in [7, 11) is 0. The number of para-hydroxylation sites is 1. The van der Waals surface area contributed by atoms with Crippen molar-refractivity contribution in [2.75, 3.05) is 0 Å². The van der Waals surface area contributed by atoms with Gasteiger partial charge < -0.3 is 9.67 Å². The number of rotatable bonds is 5. The Hall–Kier alpha value is -3.53. The van der Waals surface area contributed by atoms with E-state index in [2.05, 4.69) is 21.3 Å². The first kappa shape index (κ1) is 17.3. The van der Waals surface area contributed by atoms with Gasteiger partial charge in [-0.05, 0) is 31.5 Å². The number of fused-ring (bicyclic) bond motifs is 1. The number of benzene rings is 1. The molecule has 0 bridgehead atoms. The van der Waals surface area contributed by atoms with E-state index in [-0.39, 0.29) is 11.6 Å². The molecule has 1 N–H and O–H groups in total. The summed E-state index contributed by atoms with van der Waals surface area (Å²) in [5.74, 6) is -0.596. The van der Waals surface area contributed by atoms with Crippen molar-refractivity contribution in [3.8, 4) is 11.9 Å². The van der Waals surface area contributed by atoms with E-state index in [0.717, 1.165) is 11.2 Å². The van der Waals surface area contributed by atoms with Crippen LogP contribution in [-0.4, -0.2) is 20.6 Å². The van der Waals surface area contributed by atoms with E-state index in [4.69, 9.17) is 5.26 Å². The Balaban J connectivity index is 1.94. The standard InChI is InChI=1S/C19H17N5O2/c1-13-8-9-14(12-21-13)18(25)23-22-17-15-6-2-3-7-16(15)24(19(17)26)11-5-4-10-20/h2-3,6-9,12,26H,4-5,11H2,1H3. The maximum Gasteiger partial charge on any atom is 0.296 e. The van der Waals surface area contributed by atoms with Crippen LogP contribution in [0.4, 0.5) is 5.69 Å². The Morgan fingerprint density at radius 2 is 2.12 bits per heavy atom. The van der Waals surface area contributed by atoms with Crippen LogP contribution in [0.25, 0.3) is 10.9 Å². The molecule has 7 nitrogen and oxygen atoms in total. The summed E-state index contributed by atoms with van der Waals surface area (Å²) in [5.41, 5.74) is 2.15. The van der Waals surface area contributed by atoms with Crippen LogP contribution in [0.1, 0.15) is 28.9 Å². The minimum Gasteiger partial charge on any atom is -0.493 e. The Kier molecular flexibility index (Phi) is 5.04. The molecule has 0 saturated heterocycles. The van der Waals surface area contributed by atoms with Gasteiger partial charge in [-0.3, -0.25) is 9.78 Å². The summed E-state index contributed by atoms with van der Waals surface area (Å²) in [5, 5.41) is 27.7. The highest BCUT2D eigenvalue weighted by atomic mass is 16.3. The molecular weight excluding hydrogens is 330 g/mol. The largest absolute Gasteiger partial charge is 0.493 e. The number of carbonyl (C=O) groups is 1. The molecule has 2 heterocycles. The van der Waals surface area contributed by atoms with Crippen molar-refractivity contribution in [3.05, 3.63) is 53.9 Å². The molecule has 0 aliphatic carbocycles. The quantitative estimate of drug-likeness (QED) is 0.549. The molecule has 130 valence electrons. The molecule has 0 aliphatic rings. The van der Waals surface area contributed by atoms with Gasteiger partial charge in [0.2, 0.25) is 5.88 Å². The molecule has 0 saturated carbocycles. The lowest BCUT2D eigenvalue weighted by atomic mass is 10.2. The van der Waals surface area contributed by atoms with Gasteiger partial charge in [0.15, 0.2) is 5.69 Å². The number of azo groups is 1. The van der Waals surface area contributed by atoms with Gasteiger partial charge in [-0.2, -0.15) is 5.26 Å². The number of aromatic hydroxyl groups is 1. The fourth-order valence-electron chi connectivity index (χ4n) is 2.66. The molecule has 3 rings (SSSR count). The van der Waals surface area contributed by atoms with E-state index in [0.29, 0.717) is 30.3 Å². The molecular formula is C19H17N5O2. The first-order valence-corrected chi connectivity index (χ1v) is 8.17. The van der Waals surface area contributed by atoms with Crippen LogP contribution >= 0.6 is 0 Å². The van der Waals surface area contributed by atoms with E-state index in [9.17, 15) is 9.90 Å². The third-order valence-corrected chi connectivity index (χ3v) is 3.99. The van der Waals surface area contributed by atoms with Gasteiger partial charge in [-0.1, -0.05) is 18.2 Å². The summed E-state index contributed by atoms with van der Waals surface area (Å²) in [6, 6.07) is 12.8. The van der Waals surface area contributed by atoms with Gasteiger partial charge in [0, 0.05) is 30.2 Å². The van der Waals surface area contributed by atoms with Crippen molar-refractivity contribution < 1.29 is 9.90 Å². The van der Waals surface area contributed by atoms with E-state index in [1.807, 2.05) is 31.2 Å². The minimum atomic E-state index is -0.529. The highest BCUT2D eigenvalue weighted by Crippen LogP contribution is 2.39. The van der Waals surface area contributed by atoms with Gasteiger partial charge in [-0.15, -0.1) is 10.2 Å². The third-order valence-electron chi connectivity index (χ3n) is 3.99. The van der Waals surface area contributed by atoms with Gasteiger partial charge in [-0.25, -0.2) is 0 Å². The smallest absolute Gasteiger partial charge is 0.296 e. The Morgan fingerprint density at radius 3 is 2.85 bits per heavy atom. The van der Waals surface area contributed by atoms with Crippen LogP contribution in [0.15, 0.2) is 52.8 Å². The zero-order chi connectivity index (χ0) is 18.5. The number of aryl methyl sites for hydroxylation is 2. The van der Waals surface area contributed by atoms with Gasteiger partial charge in [0.05, 0.1) is 17.1 Å². The van der Waals surface area contributed by atoms with E-state index < -0.39 is 5.91 Å². The number of carbonyl (C=O) groups excluding carboxylic acids is 1. The zero-order valence-corrected chi connectivity index (χ0v) is 14.3. The lowest BCUT2D eigenvalue weighted by Crippen LogP contribution is -1.96. The van der Waals surface area contributed by atoms with Gasteiger partial charge in [0.25, 0.3) is 5.91 Å². The summed E-state index contributed by atoms with van der Waals surface area (Å²) in [4.78, 5) is 16.2. The Morgan fingerprint density at radius 1 is 1.31 bits per heavy atom. The molecule has 0 atom stereocenters. The molecule has 2 aromatic heterocycles. The number of nitriles is 1. The van der Waals surface area contributed by atoms with Crippen LogP contribution in [0.3, 0.4) is 0 Å². The van der Waals surface area contributed by atoms with Crippen LogP contribution in [0.5, 0.6) is 5.88 Å². The number of aromatic nitrogens is 2. The van der Waals surface area contributed by atoms with Gasteiger partial charge in [0.1, 0.15) is 0 Å². The first-order chi connectivity index (χ1) is 12.6. The molecule has 0 fully saturated rings. The second-order valence-corrected chi connectivity index (χ2v) is 5.80. The second-order valence-electron chi connectivity index (χ2n) is 5.80. The maximum atomic E-state index is 12.2. The lowest BCUT2D eigenvalue weighted by molar-refractivity contribution is 0.0994. The molecule has 3 aromatic rings. The van der Waals surface area contributed by atoms with Crippen molar-refractivity contribution >= 4 is 22.5 Å². The van der Waals surface area contributed by atoms with Crippen LogP contribution < -0.4 is 0 Å². The van der Waals surface area contributed by atoms with Crippen molar-refractivity contribution in [2.24, 2.45) is 10.2 Å². The number of hydrogen-bond acceptors (Lipinski definition) is 5. The van der Waals surface area contributed by atoms with Crippen molar-refractivity contribution in [2.45, 2.75) is 26.3 Å². The first-order valence-electron chi connectivity index (χ1n) is 8.17. The Labute approximate surface area is 150 Å². The van der Waals surface area contributed by atoms with E-state index >= 15 is 0 Å². The summed E-state index contributed by atoms with van der Waals surface area (Å²) in [6.07, 6.45) is 2.44. The molecule has 1 amide bonds. The number of pyridine rings is 1. The second kappa shape index (κ2) is 7.57. The fourth-order valence-corrected chi connectivity index (χ4v) is 2.66. The number of amides is 1. The fraction of sp³-hybridized carbons (Fsp3) is 0.211. The lowest BCUT2D eigenvalue weighted by Gasteiger charge is -2.04. The number of unbranched alkanes of at least 4 members (excludes halogenated alkanes) is 1. The summed E-state index contributed by atoms with van der Waals surface area (Å²) < 4.78 is 1.68. The molecule has 1 aromatic carbocycles. The normalized spacial score (nSPS) is 11.1. The molecule has 0 spiro atoms.